The van der Waals surface area contributed by atoms with Gasteiger partial charge in [0.05, 0.1) is 22.4 Å². The van der Waals surface area contributed by atoms with Crippen LogP contribution in [-0.4, -0.2) is 29.2 Å². The number of halogens is 3. The van der Waals surface area contributed by atoms with Gasteiger partial charge in [0, 0.05) is 11.6 Å². The van der Waals surface area contributed by atoms with E-state index in [4.69, 9.17) is 4.74 Å². The van der Waals surface area contributed by atoms with Gasteiger partial charge in [-0.15, -0.1) is 11.8 Å². The Hall–Kier alpha value is -3.06. The first-order valence-corrected chi connectivity index (χ1v) is 10.5. The summed E-state index contributed by atoms with van der Waals surface area (Å²) in [6, 6.07) is 7.93. The van der Waals surface area contributed by atoms with E-state index in [0.717, 1.165) is 25.0 Å². The molecular formula is C21H18F3N3O3S. The first kappa shape index (κ1) is 22.6. The summed E-state index contributed by atoms with van der Waals surface area (Å²) in [5, 5.41) is 12.0. The number of alkyl halides is 3. The van der Waals surface area contributed by atoms with Gasteiger partial charge in [-0.25, -0.2) is 9.78 Å². The SMILES string of the molecule is CSc1nc(C2CC2)cc(C(=O)OC(C)C(=O)Nc2ccccc2C(F)(F)F)c1C#N. The topological polar surface area (TPSA) is 92.1 Å². The molecule has 10 heteroatoms. The Morgan fingerprint density at radius 1 is 1.32 bits per heavy atom. The molecule has 2 aromatic rings. The maximum atomic E-state index is 13.1. The van der Waals surface area contributed by atoms with Gasteiger partial charge in [0.1, 0.15) is 11.1 Å². The fraction of sp³-hybridized carbons (Fsp3) is 0.333. The molecule has 0 saturated heterocycles. The minimum absolute atomic E-state index is 0.0147. The molecule has 1 aliphatic carbocycles. The average Bonchev–Trinajstić information content (AvgIpc) is 3.57. The molecule has 0 spiro atoms. The molecule has 162 valence electrons. The van der Waals surface area contributed by atoms with Crippen LogP contribution in [0.15, 0.2) is 35.4 Å². The van der Waals surface area contributed by atoms with Gasteiger partial charge in [-0.2, -0.15) is 18.4 Å². The zero-order valence-electron chi connectivity index (χ0n) is 16.6. The highest BCUT2D eigenvalue weighted by Crippen LogP contribution is 2.41. The smallest absolute Gasteiger partial charge is 0.418 e. The third-order valence-corrected chi connectivity index (χ3v) is 5.35. The molecule has 1 atom stereocenters. The number of nitriles is 1. The summed E-state index contributed by atoms with van der Waals surface area (Å²) in [4.78, 5) is 29.5. The lowest BCUT2D eigenvalue weighted by molar-refractivity contribution is -0.137. The summed E-state index contributed by atoms with van der Waals surface area (Å²) in [6.45, 7) is 1.24. The van der Waals surface area contributed by atoms with Crippen LogP contribution in [0.4, 0.5) is 18.9 Å². The number of benzene rings is 1. The zero-order chi connectivity index (χ0) is 22.8. The van der Waals surface area contributed by atoms with Gasteiger partial charge in [0.2, 0.25) is 0 Å². The molecule has 1 fully saturated rings. The highest BCUT2D eigenvalue weighted by molar-refractivity contribution is 7.98. The van der Waals surface area contributed by atoms with Gasteiger partial charge in [0.15, 0.2) is 6.10 Å². The number of thioether (sulfide) groups is 1. The fourth-order valence-electron chi connectivity index (χ4n) is 2.90. The summed E-state index contributed by atoms with van der Waals surface area (Å²) in [7, 11) is 0. The van der Waals surface area contributed by atoms with Crippen molar-refractivity contribution in [1.29, 1.82) is 5.26 Å². The fourth-order valence-corrected chi connectivity index (χ4v) is 3.45. The van der Waals surface area contributed by atoms with E-state index in [9.17, 15) is 28.0 Å². The third-order valence-electron chi connectivity index (χ3n) is 4.67. The Bertz CT molecular complexity index is 1060. The van der Waals surface area contributed by atoms with Crippen LogP contribution < -0.4 is 5.32 Å². The number of ether oxygens (including phenoxy) is 1. The van der Waals surface area contributed by atoms with Crippen LogP contribution in [-0.2, 0) is 15.7 Å². The van der Waals surface area contributed by atoms with Crippen molar-refractivity contribution in [2.45, 2.75) is 43.0 Å². The van der Waals surface area contributed by atoms with E-state index in [-0.39, 0.29) is 17.0 Å². The van der Waals surface area contributed by atoms with Crippen molar-refractivity contribution < 1.29 is 27.5 Å². The van der Waals surface area contributed by atoms with E-state index < -0.39 is 35.4 Å². The predicted octanol–water partition coefficient (Wildman–Crippen LogP) is 4.76. The quantitative estimate of drug-likeness (QED) is 0.505. The van der Waals surface area contributed by atoms with Gasteiger partial charge in [-0.05, 0) is 44.2 Å². The number of amides is 1. The third kappa shape index (κ3) is 5.17. The molecule has 1 heterocycles. The maximum absolute atomic E-state index is 13.1. The molecule has 31 heavy (non-hydrogen) atoms. The summed E-state index contributed by atoms with van der Waals surface area (Å²) in [5.74, 6) is -1.63. The van der Waals surface area contributed by atoms with Crippen molar-refractivity contribution in [1.82, 2.24) is 4.98 Å². The Morgan fingerprint density at radius 2 is 2.00 bits per heavy atom. The standard InChI is InChI=1S/C21H18F3N3O3S/c1-11(18(28)26-16-6-4-3-5-15(16)21(22,23)24)30-20(29)13-9-17(12-7-8-12)27-19(31-2)14(13)10-25/h3-6,9,11-12H,7-8H2,1-2H3,(H,26,28). The van der Waals surface area contributed by atoms with Gasteiger partial charge in [-0.1, -0.05) is 12.1 Å². The number of carbonyl (C=O) groups excluding carboxylic acids is 2. The molecule has 3 rings (SSSR count). The second-order valence-electron chi connectivity index (χ2n) is 6.95. The predicted molar refractivity (Wildman–Crippen MR) is 108 cm³/mol. The molecule has 0 bridgehead atoms. The van der Waals surface area contributed by atoms with E-state index in [1.807, 2.05) is 6.07 Å². The van der Waals surface area contributed by atoms with Crippen molar-refractivity contribution in [2.75, 3.05) is 11.6 Å². The van der Waals surface area contributed by atoms with Crippen LogP contribution in [0.5, 0.6) is 0 Å². The minimum Gasteiger partial charge on any atom is -0.449 e. The number of nitrogens with zero attached hydrogens (tertiary/aromatic N) is 2. The molecule has 1 amide bonds. The highest BCUT2D eigenvalue weighted by atomic mass is 32.2. The largest absolute Gasteiger partial charge is 0.449 e. The van der Waals surface area contributed by atoms with Crippen molar-refractivity contribution >= 4 is 29.3 Å². The first-order valence-electron chi connectivity index (χ1n) is 9.32. The Balaban J connectivity index is 1.79. The molecule has 1 aromatic carbocycles. The van der Waals surface area contributed by atoms with Crippen molar-refractivity contribution in [2.24, 2.45) is 0 Å². The summed E-state index contributed by atoms with van der Waals surface area (Å²) >= 11 is 1.21. The van der Waals surface area contributed by atoms with Crippen LogP contribution in [0.2, 0.25) is 0 Å². The number of hydrogen-bond acceptors (Lipinski definition) is 6. The molecule has 1 unspecified atom stereocenters. The van der Waals surface area contributed by atoms with Crippen LogP contribution >= 0.6 is 11.8 Å². The van der Waals surface area contributed by atoms with Gasteiger partial charge in [0.25, 0.3) is 5.91 Å². The van der Waals surface area contributed by atoms with Crippen LogP contribution in [0, 0.1) is 11.3 Å². The summed E-state index contributed by atoms with van der Waals surface area (Å²) < 4.78 is 44.5. The molecule has 0 radical (unpaired) electrons. The Kier molecular flexibility index (Phi) is 6.55. The van der Waals surface area contributed by atoms with Crippen molar-refractivity contribution in [3.05, 3.63) is 52.7 Å². The van der Waals surface area contributed by atoms with Gasteiger partial charge < -0.3 is 10.1 Å². The zero-order valence-corrected chi connectivity index (χ0v) is 17.4. The lowest BCUT2D eigenvalue weighted by atomic mass is 10.1. The second-order valence-corrected chi connectivity index (χ2v) is 7.74. The highest BCUT2D eigenvalue weighted by Gasteiger charge is 2.34. The van der Waals surface area contributed by atoms with E-state index in [2.05, 4.69) is 10.3 Å². The summed E-state index contributed by atoms with van der Waals surface area (Å²) in [6.07, 6.45) is -2.47. The molecule has 0 aliphatic heterocycles. The number of esters is 1. The maximum Gasteiger partial charge on any atom is 0.418 e. The Morgan fingerprint density at radius 3 is 2.58 bits per heavy atom. The van der Waals surface area contributed by atoms with Crippen LogP contribution in [0.1, 0.15) is 52.9 Å². The molecule has 1 aliphatic rings. The molecular weight excluding hydrogens is 431 g/mol. The number of para-hydroxylation sites is 1. The summed E-state index contributed by atoms with van der Waals surface area (Å²) in [5.41, 5.74) is -0.755. The van der Waals surface area contributed by atoms with Crippen molar-refractivity contribution in [3.8, 4) is 6.07 Å². The lowest BCUT2D eigenvalue weighted by Gasteiger charge is -2.17. The van der Waals surface area contributed by atoms with E-state index in [1.165, 1.54) is 36.9 Å². The number of aromatic nitrogens is 1. The lowest BCUT2D eigenvalue weighted by Crippen LogP contribution is -2.31. The average molecular weight is 449 g/mol. The van der Waals surface area contributed by atoms with Crippen LogP contribution in [0.3, 0.4) is 0 Å². The molecule has 6 nitrogen and oxygen atoms in total. The second kappa shape index (κ2) is 8.98. The first-order chi connectivity index (χ1) is 14.7. The van der Waals surface area contributed by atoms with Gasteiger partial charge in [-0.3, -0.25) is 4.79 Å². The Labute approximate surface area is 180 Å². The molecule has 1 saturated carbocycles. The van der Waals surface area contributed by atoms with Gasteiger partial charge >= 0.3 is 12.1 Å². The monoisotopic (exact) mass is 449 g/mol. The number of carbonyl (C=O) groups is 2. The number of rotatable bonds is 6. The number of hydrogen-bond donors (Lipinski definition) is 1. The number of pyridine rings is 1. The molecule has 1 aromatic heterocycles. The number of nitrogens with one attached hydrogen (secondary N) is 1. The normalized spacial score (nSPS) is 14.5. The van der Waals surface area contributed by atoms with E-state index in [1.54, 1.807) is 6.26 Å². The van der Waals surface area contributed by atoms with Crippen molar-refractivity contribution in [3.63, 3.8) is 0 Å². The van der Waals surface area contributed by atoms with E-state index in [0.29, 0.717) is 10.7 Å². The number of anilines is 1. The van der Waals surface area contributed by atoms with E-state index >= 15 is 0 Å². The molecule has 1 N–H and O–H groups in total. The van der Waals surface area contributed by atoms with Crippen LogP contribution in [0.25, 0.3) is 0 Å². The minimum atomic E-state index is -4.66.